The molecule has 0 radical (unpaired) electrons. The first-order chi connectivity index (χ1) is 12.2. The summed E-state index contributed by atoms with van der Waals surface area (Å²) >= 11 is 0. The van der Waals surface area contributed by atoms with E-state index in [9.17, 15) is 10.2 Å². The maximum Gasteiger partial charge on any atom is 0.143 e. The highest BCUT2D eigenvalue weighted by Gasteiger charge is 2.35. The minimum absolute atomic E-state index is 0.0300. The summed E-state index contributed by atoms with van der Waals surface area (Å²) in [6, 6.07) is 13.0. The second-order valence-electron chi connectivity index (χ2n) is 6.15. The van der Waals surface area contributed by atoms with Crippen molar-refractivity contribution < 1.29 is 10.2 Å². The highest BCUT2D eigenvalue weighted by molar-refractivity contribution is 5.50. The Morgan fingerprint density at radius 3 is 2.72 bits per heavy atom. The van der Waals surface area contributed by atoms with E-state index in [1.807, 2.05) is 34.9 Å². The molecule has 0 amide bonds. The van der Waals surface area contributed by atoms with Gasteiger partial charge in [-0.05, 0) is 31.2 Å². The molecule has 1 fully saturated rings. The summed E-state index contributed by atoms with van der Waals surface area (Å²) in [5.74, 6) is 0.949. The number of hydrazine groups is 1. The molecule has 0 bridgehead atoms. The standard InChI is InChI=1S/C18H19N5O2/c1-11-15(24)8-7-13(17(11)25)16-14(9-19-21-16)18-22-20-10-23(18)12-5-3-2-4-6-12/h2-8,10,14,16,19,21,24-25H,9H2,1H3. The molecule has 128 valence electrons. The molecule has 0 aliphatic carbocycles. The Hall–Kier alpha value is -2.90. The first-order valence-corrected chi connectivity index (χ1v) is 8.12. The fourth-order valence-electron chi connectivity index (χ4n) is 3.28. The molecule has 25 heavy (non-hydrogen) atoms. The second-order valence-corrected chi connectivity index (χ2v) is 6.15. The second kappa shape index (κ2) is 6.19. The number of phenolic OH excluding ortho intramolecular Hbond substituents is 2. The van der Waals surface area contributed by atoms with Crippen LogP contribution in [0.3, 0.4) is 0 Å². The topological polar surface area (TPSA) is 95.2 Å². The third-order valence-electron chi connectivity index (χ3n) is 4.69. The molecule has 7 nitrogen and oxygen atoms in total. The smallest absolute Gasteiger partial charge is 0.143 e. The number of nitrogens with zero attached hydrogens (tertiary/aromatic N) is 3. The van der Waals surface area contributed by atoms with E-state index in [0.717, 1.165) is 11.5 Å². The van der Waals surface area contributed by atoms with Gasteiger partial charge in [-0.25, -0.2) is 5.43 Å². The summed E-state index contributed by atoms with van der Waals surface area (Å²) in [6.07, 6.45) is 1.70. The summed E-state index contributed by atoms with van der Waals surface area (Å²) in [4.78, 5) is 0. The molecule has 2 heterocycles. The normalized spacial score (nSPS) is 20.0. The van der Waals surface area contributed by atoms with Crippen molar-refractivity contribution in [1.29, 1.82) is 0 Å². The van der Waals surface area contributed by atoms with Crippen LogP contribution in [0.1, 0.15) is 28.9 Å². The van der Waals surface area contributed by atoms with Crippen LogP contribution in [0.2, 0.25) is 0 Å². The third-order valence-corrected chi connectivity index (χ3v) is 4.69. The van der Waals surface area contributed by atoms with Crippen molar-refractivity contribution >= 4 is 0 Å². The Labute approximate surface area is 144 Å². The predicted molar refractivity (Wildman–Crippen MR) is 92.5 cm³/mol. The molecule has 2 atom stereocenters. The van der Waals surface area contributed by atoms with Gasteiger partial charge in [0, 0.05) is 23.4 Å². The van der Waals surface area contributed by atoms with Crippen LogP contribution in [-0.2, 0) is 0 Å². The quantitative estimate of drug-likeness (QED) is 0.583. The van der Waals surface area contributed by atoms with Gasteiger partial charge in [-0.15, -0.1) is 10.2 Å². The predicted octanol–water partition coefficient (Wildman–Crippen LogP) is 1.92. The van der Waals surface area contributed by atoms with Gasteiger partial charge in [0.25, 0.3) is 0 Å². The number of hydrogen-bond donors (Lipinski definition) is 4. The number of hydrogen-bond acceptors (Lipinski definition) is 6. The van der Waals surface area contributed by atoms with Gasteiger partial charge in [-0.1, -0.05) is 18.2 Å². The Morgan fingerprint density at radius 2 is 1.92 bits per heavy atom. The van der Waals surface area contributed by atoms with Crippen molar-refractivity contribution in [3.63, 3.8) is 0 Å². The molecule has 7 heteroatoms. The number of rotatable bonds is 3. The number of para-hydroxylation sites is 1. The largest absolute Gasteiger partial charge is 0.508 e. The maximum atomic E-state index is 10.5. The van der Waals surface area contributed by atoms with Crippen molar-refractivity contribution in [3.05, 3.63) is 65.7 Å². The first-order valence-electron chi connectivity index (χ1n) is 8.12. The summed E-state index contributed by atoms with van der Waals surface area (Å²) in [7, 11) is 0. The van der Waals surface area contributed by atoms with Crippen LogP contribution < -0.4 is 10.9 Å². The Balaban J connectivity index is 1.75. The lowest BCUT2D eigenvalue weighted by molar-refractivity contribution is 0.424. The molecule has 2 aromatic carbocycles. The summed E-state index contributed by atoms with van der Waals surface area (Å²) < 4.78 is 1.96. The summed E-state index contributed by atoms with van der Waals surface area (Å²) in [5.41, 5.74) is 8.52. The lowest BCUT2D eigenvalue weighted by Crippen LogP contribution is -2.25. The van der Waals surface area contributed by atoms with Gasteiger partial charge in [0.1, 0.15) is 23.7 Å². The fourth-order valence-corrected chi connectivity index (χ4v) is 3.28. The van der Waals surface area contributed by atoms with Gasteiger partial charge < -0.3 is 10.2 Å². The fraction of sp³-hybridized carbons (Fsp3) is 0.222. The van der Waals surface area contributed by atoms with Gasteiger partial charge in [0.2, 0.25) is 0 Å². The van der Waals surface area contributed by atoms with Crippen molar-refractivity contribution in [2.24, 2.45) is 0 Å². The monoisotopic (exact) mass is 337 g/mol. The lowest BCUT2D eigenvalue weighted by Gasteiger charge is -2.21. The van der Waals surface area contributed by atoms with E-state index in [2.05, 4.69) is 21.0 Å². The average molecular weight is 337 g/mol. The van der Waals surface area contributed by atoms with E-state index >= 15 is 0 Å². The van der Waals surface area contributed by atoms with E-state index in [1.165, 1.54) is 0 Å². The van der Waals surface area contributed by atoms with E-state index in [4.69, 9.17) is 0 Å². The maximum absolute atomic E-state index is 10.5. The van der Waals surface area contributed by atoms with Crippen LogP contribution in [0.4, 0.5) is 0 Å². The van der Waals surface area contributed by atoms with Crippen LogP contribution >= 0.6 is 0 Å². The number of aromatic hydroxyl groups is 2. The number of phenols is 2. The number of benzene rings is 2. The SMILES string of the molecule is Cc1c(O)ccc(C2NNCC2c2nncn2-c2ccccc2)c1O. The Bertz CT molecular complexity index is 894. The van der Waals surface area contributed by atoms with Crippen molar-refractivity contribution in [2.45, 2.75) is 18.9 Å². The summed E-state index contributed by atoms with van der Waals surface area (Å²) in [5, 5.41) is 28.7. The highest BCUT2D eigenvalue weighted by atomic mass is 16.3. The average Bonchev–Trinajstić information content (AvgIpc) is 3.29. The Kier molecular flexibility index (Phi) is 3.87. The molecular formula is C18H19N5O2. The number of aromatic nitrogens is 3. The molecule has 1 saturated heterocycles. The van der Waals surface area contributed by atoms with Crippen molar-refractivity contribution in [2.75, 3.05) is 6.54 Å². The summed E-state index contributed by atoms with van der Waals surface area (Å²) in [6.45, 7) is 2.34. The Morgan fingerprint density at radius 1 is 1.12 bits per heavy atom. The van der Waals surface area contributed by atoms with Gasteiger partial charge in [-0.2, -0.15) is 0 Å². The molecule has 4 N–H and O–H groups in total. The van der Waals surface area contributed by atoms with E-state index in [-0.39, 0.29) is 23.5 Å². The minimum Gasteiger partial charge on any atom is -0.508 e. The molecule has 1 aliphatic heterocycles. The van der Waals surface area contributed by atoms with E-state index in [1.54, 1.807) is 25.4 Å². The zero-order valence-corrected chi connectivity index (χ0v) is 13.7. The lowest BCUT2D eigenvalue weighted by atomic mass is 9.92. The van der Waals surface area contributed by atoms with Crippen LogP contribution in [-0.4, -0.2) is 31.5 Å². The van der Waals surface area contributed by atoms with Gasteiger partial charge in [0.05, 0.1) is 12.0 Å². The minimum atomic E-state index is -0.189. The van der Waals surface area contributed by atoms with E-state index < -0.39 is 0 Å². The molecule has 0 spiro atoms. The molecule has 4 rings (SSSR count). The van der Waals surface area contributed by atoms with Gasteiger partial charge in [-0.3, -0.25) is 9.99 Å². The van der Waals surface area contributed by atoms with Crippen LogP contribution in [0.5, 0.6) is 11.5 Å². The molecule has 2 unspecified atom stereocenters. The van der Waals surface area contributed by atoms with Crippen molar-refractivity contribution in [3.8, 4) is 17.2 Å². The van der Waals surface area contributed by atoms with Gasteiger partial charge in [0.15, 0.2) is 0 Å². The van der Waals surface area contributed by atoms with Crippen molar-refractivity contribution in [1.82, 2.24) is 25.6 Å². The van der Waals surface area contributed by atoms with Crippen LogP contribution in [0.25, 0.3) is 5.69 Å². The highest BCUT2D eigenvalue weighted by Crippen LogP contribution is 2.40. The van der Waals surface area contributed by atoms with Gasteiger partial charge >= 0.3 is 0 Å². The number of nitrogens with one attached hydrogen (secondary N) is 2. The van der Waals surface area contributed by atoms with Crippen LogP contribution in [0.15, 0.2) is 48.8 Å². The first kappa shape index (κ1) is 15.6. The zero-order valence-electron chi connectivity index (χ0n) is 13.7. The molecule has 3 aromatic rings. The molecular weight excluding hydrogens is 318 g/mol. The molecule has 1 aliphatic rings. The third kappa shape index (κ3) is 2.63. The zero-order chi connectivity index (χ0) is 17.4. The molecule has 1 aromatic heterocycles. The molecule has 0 saturated carbocycles. The van der Waals surface area contributed by atoms with Crippen LogP contribution in [0, 0.1) is 6.92 Å². The van der Waals surface area contributed by atoms with E-state index in [0.29, 0.717) is 17.7 Å².